The summed E-state index contributed by atoms with van der Waals surface area (Å²) < 4.78 is 38.0. The zero-order chi connectivity index (χ0) is 19.5. The van der Waals surface area contributed by atoms with Gasteiger partial charge in [-0.25, -0.2) is 4.79 Å². The highest BCUT2D eigenvalue weighted by atomic mass is 19.4. The number of carboxylic acids is 2. The van der Waals surface area contributed by atoms with Crippen LogP contribution in [-0.4, -0.2) is 59.6 Å². The average molecular weight is 368 g/mol. The van der Waals surface area contributed by atoms with Gasteiger partial charge in [0.1, 0.15) is 12.6 Å². The van der Waals surface area contributed by atoms with E-state index < -0.39 is 18.1 Å². The maximum atomic E-state index is 11.6. The molecule has 0 radical (unpaired) electrons. The molecule has 9 nitrogen and oxygen atoms in total. The van der Waals surface area contributed by atoms with Gasteiger partial charge in [0, 0.05) is 19.7 Å². The van der Waals surface area contributed by atoms with Crippen molar-refractivity contribution in [2.24, 2.45) is 0 Å². The van der Waals surface area contributed by atoms with Crippen molar-refractivity contribution >= 4 is 17.8 Å². The third kappa shape index (κ3) is 10.6. The second-order valence-electron chi connectivity index (χ2n) is 4.37. The number of aliphatic carboxylic acids is 2. The molecule has 1 aromatic rings. The molecule has 1 aromatic heterocycles. The van der Waals surface area contributed by atoms with Crippen LogP contribution in [0.5, 0.6) is 0 Å². The number of carbonyl (C=O) groups is 3. The third-order valence-corrected chi connectivity index (χ3v) is 2.42. The molecular weight excluding hydrogens is 351 g/mol. The highest BCUT2D eigenvalue weighted by molar-refractivity contribution is 5.93. The Labute approximate surface area is 140 Å². The van der Waals surface area contributed by atoms with Gasteiger partial charge in [0.05, 0.1) is 12.2 Å². The van der Waals surface area contributed by atoms with Crippen LogP contribution in [0.1, 0.15) is 16.8 Å². The number of aryl methyl sites for hydroxylation is 1. The monoisotopic (exact) mass is 368 g/mol. The molecule has 12 heteroatoms. The number of alkyl halides is 3. The molecule has 0 fully saturated rings. The number of carboxylic acid groups (broad SMARTS) is 2. The van der Waals surface area contributed by atoms with E-state index in [1.165, 1.54) is 10.9 Å². The van der Waals surface area contributed by atoms with Crippen molar-refractivity contribution in [3.8, 4) is 0 Å². The molecule has 1 amide bonds. The van der Waals surface area contributed by atoms with Crippen LogP contribution < -0.4 is 10.00 Å². The molecule has 0 unspecified atom stereocenters. The van der Waals surface area contributed by atoms with E-state index in [-0.39, 0.29) is 18.9 Å². The summed E-state index contributed by atoms with van der Waals surface area (Å²) in [6.07, 6.45) is -2.10. The summed E-state index contributed by atoms with van der Waals surface area (Å²) in [5.74, 6) is -3.87. The summed E-state index contributed by atoms with van der Waals surface area (Å²) >= 11 is 0. The molecule has 1 rings (SSSR count). The van der Waals surface area contributed by atoms with Gasteiger partial charge < -0.3 is 20.3 Å². The smallest absolute Gasteiger partial charge is 0.481 e. The van der Waals surface area contributed by atoms with Crippen molar-refractivity contribution in [2.75, 3.05) is 20.3 Å². The van der Waals surface area contributed by atoms with Crippen LogP contribution in [0, 0.1) is 0 Å². The molecule has 0 saturated heterocycles. The van der Waals surface area contributed by atoms with E-state index in [0.717, 1.165) is 0 Å². The minimum Gasteiger partial charge on any atom is -0.481 e. The molecule has 0 aliphatic heterocycles. The van der Waals surface area contributed by atoms with Crippen molar-refractivity contribution in [1.82, 2.24) is 10.4 Å². The molecule has 0 spiro atoms. The lowest BCUT2D eigenvalue weighted by Gasteiger charge is -2.02. The molecule has 140 valence electrons. The lowest BCUT2D eigenvalue weighted by atomic mass is 10.3. The fourth-order valence-electron chi connectivity index (χ4n) is 1.23. The number of ether oxygens (including phenoxy) is 1. The maximum absolute atomic E-state index is 11.6. The second-order valence-corrected chi connectivity index (χ2v) is 4.37. The summed E-state index contributed by atoms with van der Waals surface area (Å²) in [5.41, 5.74) is 0.428. The number of amides is 1. The van der Waals surface area contributed by atoms with Crippen LogP contribution >= 0.6 is 0 Å². The Kier molecular flexibility index (Phi) is 9.71. The first-order chi connectivity index (χ1) is 11.6. The Morgan fingerprint density at radius 2 is 1.92 bits per heavy atom. The van der Waals surface area contributed by atoms with Crippen LogP contribution in [0.25, 0.3) is 0 Å². The van der Waals surface area contributed by atoms with E-state index in [1.807, 2.05) is 0 Å². The van der Waals surface area contributed by atoms with Crippen LogP contribution in [0.15, 0.2) is 18.5 Å². The van der Waals surface area contributed by atoms with E-state index >= 15 is 0 Å². The highest BCUT2D eigenvalue weighted by Gasteiger charge is 2.38. The first-order valence-corrected chi connectivity index (χ1v) is 6.72. The van der Waals surface area contributed by atoms with Crippen LogP contribution in [0.4, 0.5) is 13.2 Å². The second kappa shape index (κ2) is 10.9. The first-order valence-electron chi connectivity index (χ1n) is 6.72. The molecule has 0 aliphatic rings. The molecular formula is C13H17F3N3O6+. The summed E-state index contributed by atoms with van der Waals surface area (Å²) in [4.78, 5) is 30.9. The van der Waals surface area contributed by atoms with E-state index in [4.69, 9.17) is 19.7 Å². The fourth-order valence-corrected chi connectivity index (χ4v) is 1.23. The van der Waals surface area contributed by atoms with Gasteiger partial charge in [0.2, 0.25) is 0 Å². The van der Waals surface area contributed by atoms with Gasteiger partial charge >= 0.3 is 18.1 Å². The third-order valence-electron chi connectivity index (χ3n) is 2.42. The number of halogens is 3. The SMILES string of the molecule is COCCNC(=O)c1cc[n+](CCC(=O)O)nc1.O=C(O)C(F)(F)F. The average Bonchev–Trinajstić information content (AvgIpc) is 2.53. The number of carbonyl (C=O) groups excluding carboxylic acids is 1. The van der Waals surface area contributed by atoms with Gasteiger partial charge in [0.25, 0.3) is 5.91 Å². The minimum atomic E-state index is -5.08. The Morgan fingerprint density at radius 3 is 2.32 bits per heavy atom. The van der Waals surface area contributed by atoms with Crippen molar-refractivity contribution in [2.45, 2.75) is 19.1 Å². The lowest BCUT2D eigenvalue weighted by molar-refractivity contribution is -0.753. The van der Waals surface area contributed by atoms with Crippen LogP contribution in [0.3, 0.4) is 0 Å². The van der Waals surface area contributed by atoms with Crippen LogP contribution in [-0.2, 0) is 20.9 Å². The largest absolute Gasteiger partial charge is 0.490 e. The minimum absolute atomic E-state index is 0.00293. The maximum Gasteiger partial charge on any atom is 0.490 e. The number of hydrogen-bond acceptors (Lipinski definition) is 5. The molecule has 25 heavy (non-hydrogen) atoms. The number of nitrogens with zero attached hydrogens (tertiary/aromatic N) is 2. The zero-order valence-electron chi connectivity index (χ0n) is 13.1. The lowest BCUT2D eigenvalue weighted by Crippen LogP contribution is -2.39. The quantitative estimate of drug-likeness (QED) is 0.451. The first kappa shape index (κ1) is 22.2. The number of methoxy groups -OCH3 is 1. The number of aromatic nitrogens is 2. The molecule has 0 saturated carbocycles. The van der Waals surface area contributed by atoms with Crippen molar-refractivity contribution in [3.63, 3.8) is 0 Å². The van der Waals surface area contributed by atoms with Crippen molar-refractivity contribution in [3.05, 3.63) is 24.0 Å². The summed E-state index contributed by atoms with van der Waals surface area (Å²) in [5, 5.41) is 22.3. The van der Waals surface area contributed by atoms with Gasteiger partial charge in [-0.15, -0.1) is 0 Å². The fraction of sp³-hybridized carbons (Fsp3) is 0.462. The topological polar surface area (TPSA) is 130 Å². The summed E-state index contributed by atoms with van der Waals surface area (Å²) in [7, 11) is 1.56. The van der Waals surface area contributed by atoms with Crippen molar-refractivity contribution < 1.29 is 47.2 Å². The molecule has 3 N–H and O–H groups in total. The van der Waals surface area contributed by atoms with E-state index in [1.54, 1.807) is 19.4 Å². The molecule has 0 atom stereocenters. The molecule has 0 aliphatic carbocycles. The van der Waals surface area contributed by atoms with Gasteiger partial charge in [-0.2, -0.15) is 13.2 Å². The van der Waals surface area contributed by atoms with Gasteiger partial charge in [0.15, 0.2) is 12.7 Å². The summed E-state index contributed by atoms with van der Waals surface area (Å²) in [6.45, 7) is 1.16. The predicted molar refractivity (Wildman–Crippen MR) is 74.6 cm³/mol. The predicted octanol–water partition coefficient (Wildman–Crippen LogP) is -0.147. The van der Waals surface area contributed by atoms with E-state index in [0.29, 0.717) is 18.7 Å². The Bertz CT molecular complexity index is 577. The van der Waals surface area contributed by atoms with Gasteiger partial charge in [-0.1, -0.05) is 4.68 Å². The Hall–Kier alpha value is -2.76. The highest BCUT2D eigenvalue weighted by Crippen LogP contribution is 2.13. The zero-order valence-corrected chi connectivity index (χ0v) is 13.1. The van der Waals surface area contributed by atoms with Crippen molar-refractivity contribution in [1.29, 1.82) is 0 Å². The molecule has 1 heterocycles. The Balaban J connectivity index is 0.000000697. The molecule has 0 bridgehead atoms. The van der Waals surface area contributed by atoms with Gasteiger partial charge in [-0.05, 0) is 5.10 Å². The van der Waals surface area contributed by atoms with E-state index in [9.17, 15) is 22.8 Å². The van der Waals surface area contributed by atoms with Crippen LogP contribution in [0.2, 0.25) is 0 Å². The normalized spacial score (nSPS) is 10.4. The Morgan fingerprint density at radius 1 is 1.32 bits per heavy atom. The summed E-state index contributed by atoms with van der Waals surface area (Å²) in [6, 6.07) is 1.59. The standard InChI is InChI=1S/C11H15N3O4.C2HF3O2/c1-18-7-4-12-11(17)9-2-5-14(13-8-9)6-3-10(15)16;3-2(4,5)1(6)7/h2,5,8H,3-4,6-7H2,1H3,(H-,12,15,16,17);(H,6,7)/p+1. The van der Waals surface area contributed by atoms with E-state index in [2.05, 4.69) is 10.4 Å². The van der Waals surface area contributed by atoms with Gasteiger partial charge in [-0.3, -0.25) is 9.59 Å². The number of rotatable bonds is 7. The molecule has 0 aromatic carbocycles. The number of hydrogen-bond donors (Lipinski definition) is 3. The number of nitrogens with one attached hydrogen (secondary N) is 1.